The number of esters is 1. The topological polar surface area (TPSA) is 26.3 Å². The van der Waals surface area contributed by atoms with Crippen molar-refractivity contribution in [1.82, 2.24) is 0 Å². The Bertz CT molecular complexity index is 307. The molecule has 0 unspecified atom stereocenters. The molecule has 1 aromatic rings. The molecule has 0 aliphatic heterocycles. The first-order chi connectivity index (χ1) is 5.66. The van der Waals surface area contributed by atoms with Gasteiger partial charge in [0.1, 0.15) is 0 Å². The number of halogens is 1. The van der Waals surface area contributed by atoms with Crippen LogP contribution in [-0.2, 0) is 4.74 Å². The molecule has 2 nitrogen and oxygen atoms in total. The van der Waals surface area contributed by atoms with Gasteiger partial charge >= 0.3 is 5.97 Å². The fraction of sp³-hybridized carbons (Fsp3) is 0.222. The van der Waals surface area contributed by atoms with E-state index in [1.807, 2.05) is 19.1 Å². The van der Waals surface area contributed by atoms with Crippen molar-refractivity contribution in [2.75, 3.05) is 7.11 Å². The summed E-state index contributed by atoms with van der Waals surface area (Å²) in [5, 5.41) is 0. The Morgan fingerprint density at radius 3 is 2.75 bits per heavy atom. The third-order valence-corrected chi connectivity index (χ3v) is 2.84. The van der Waals surface area contributed by atoms with E-state index >= 15 is 0 Å². The number of ether oxygens (including phenoxy) is 1. The second-order valence-corrected chi connectivity index (χ2v) is 3.57. The summed E-state index contributed by atoms with van der Waals surface area (Å²) in [6.07, 6.45) is 0. The van der Waals surface area contributed by atoms with Gasteiger partial charge in [0.2, 0.25) is 0 Å². The first kappa shape index (κ1) is 9.51. The zero-order chi connectivity index (χ0) is 9.14. The molecule has 0 bridgehead atoms. The predicted molar refractivity (Wildman–Crippen MR) is 55.2 cm³/mol. The summed E-state index contributed by atoms with van der Waals surface area (Å²) < 4.78 is 5.71. The standard InChI is InChI=1S/C9H9IO2/c1-6-7(9(11)12-2)4-3-5-8(6)10/h3-5H,1-2H3. The second-order valence-electron chi connectivity index (χ2n) is 2.40. The van der Waals surface area contributed by atoms with Gasteiger partial charge in [-0.25, -0.2) is 4.79 Å². The predicted octanol–water partition coefficient (Wildman–Crippen LogP) is 2.39. The first-order valence-corrected chi connectivity index (χ1v) is 4.58. The van der Waals surface area contributed by atoms with Crippen molar-refractivity contribution in [2.45, 2.75) is 6.92 Å². The molecule has 0 amide bonds. The van der Waals surface area contributed by atoms with Crippen molar-refractivity contribution >= 4 is 28.6 Å². The van der Waals surface area contributed by atoms with Crippen LogP contribution in [0, 0.1) is 10.5 Å². The summed E-state index contributed by atoms with van der Waals surface area (Å²) in [5.74, 6) is -0.272. The molecule has 64 valence electrons. The van der Waals surface area contributed by atoms with Crippen LogP contribution in [0.25, 0.3) is 0 Å². The monoisotopic (exact) mass is 276 g/mol. The molecule has 0 aromatic heterocycles. The highest BCUT2D eigenvalue weighted by Gasteiger charge is 2.09. The van der Waals surface area contributed by atoms with Gasteiger partial charge in [0.15, 0.2) is 0 Å². The van der Waals surface area contributed by atoms with Crippen molar-refractivity contribution in [3.8, 4) is 0 Å². The van der Waals surface area contributed by atoms with Crippen LogP contribution in [0.2, 0.25) is 0 Å². The van der Waals surface area contributed by atoms with Gasteiger partial charge in [-0.15, -0.1) is 0 Å². The van der Waals surface area contributed by atoms with E-state index in [9.17, 15) is 4.79 Å². The van der Waals surface area contributed by atoms with E-state index in [1.54, 1.807) is 6.07 Å². The average Bonchev–Trinajstić information content (AvgIpc) is 2.08. The third kappa shape index (κ3) is 1.77. The largest absolute Gasteiger partial charge is 0.465 e. The number of benzene rings is 1. The molecule has 1 rings (SSSR count). The Hall–Kier alpha value is -0.580. The molecule has 12 heavy (non-hydrogen) atoms. The lowest BCUT2D eigenvalue weighted by Gasteiger charge is -2.04. The molecule has 0 aliphatic carbocycles. The van der Waals surface area contributed by atoms with Crippen LogP contribution in [0.4, 0.5) is 0 Å². The average molecular weight is 276 g/mol. The molecular weight excluding hydrogens is 267 g/mol. The second kappa shape index (κ2) is 3.89. The van der Waals surface area contributed by atoms with Gasteiger partial charge in [-0.05, 0) is 47.2 Å². The van der Waals surface area contributed by atoms with Crippen molar-refractivity contribution in [1.29, 1.82) is 0 Å². The minimum Gasteiger partial charge on any atom is -0.465 e. The number of rotatable bonds is 1. The highest BCUT2D eigenvalue weighted by molar-refractivity contribution is 14.1. The molecule has 0 saturated heterocycles. The van der Waals surface area contributed by atoms with Crippen LogP contribution < -0.4 is 0 Å². The van der Waals surface area contributed by atoms with Crippen LogP contribution in [0.3, 0.4) is 0 Å². The highest BCUT2D eigenvalue weighted by Crippen LogP contribution is 2.16. The summed E-state index contributed by atoms with van der Waals surface area (Å²) in [5.41, 5.74) is 1.62. The van der Waals surface area contributed by atoms with E-state index in [-0.39, 0.29) is 5.97 Å². The smallest absolute Gasteiger partial charge is 0.338 e. The van der Waals surface area contributed by atoms with Crippen LogP contribution >= 0.6 is 22.6 Å². The third-order valence-electron chi connectivity index (χ3n) is 1.67. The van der Waals surface area contributed by atoms with Crippen LogP contribution in [0.5, 0.6) is 0 Å². The molecule has 0 fully saturated rings. The van der Waals surface area contributed by atoms with Gasteiger partial charge in [0.05, 0.1) is 12.7 Å². The summed E-state index contributed by atoms with van der Waals surface area (Å²) in [4.78, 5) is 11.2. The zero-order valence-electron chi connectivity index (χ0n) is 6.93. The lowest BCUT2D eigenvalue weighted by Crippen LogP contribution is -2.04. The number of hydrogen-bond donors (Lipinski definition) is 0. The maximum absolute atomic E-state index is 11.2. The molecule has 0 spiro atoms. The Balaban J connectivity index is 3.16. The number of carbonyl (C=O) groups excluding carboxylic acids is 1. The number of methoxy groups -OCH3 is 1. The summed E-state index contributed by atoms with van der Waals surface area (Å²) >= 11 is 2.19. The Morgan fingerprint density at radius 2 is 2.17 bits per heavy atom. The number of carbonyl (C=O) groups is 1. The molecule has 0 N–H and O–H groups in total. The van der Waals surface area contributed by atoms with Crippen molar-refractivity contribution in [2.24, 2.45) is 0 Å². The molecule has 0 atom stereocenters. The van der Waals surface area contributed by atoms with Gasteiger partial charge < -0.3 is 4.74 Å². The van der Waals surface area contributed by atoms with Crippen molar-refractivity contribution in [3.63, 3.8) is 0 Å². The quantitative estimate of drug-likeness (QED) is 0.581. The maximum Gasteiger partial charge on any atom is 0.338 e. The van der Waals surface area contributed by atoms with Gasteiger partial charge in [-0.1, -0.05) is 6.07 Å². The van der Waals surface area contributed by atoms with Crippen LogP contribution in [0.15, 0.2) is 18.2 Å². The van der Waals surface area contributed by atoms with E-state index in [2.05, 4.69) is 27.3 Å². The fourth-order valence-electron chi connectivity index (χ4n) is 0.939. The molecule has 3 heteroatoms. The molecule has 0 radical (unpaired) electrons. The minimum atomic E-state index is -0.272. The Labute approximate surface area is 85.1 Å². The van der Waals surface area contributed by atoms with Crippen LogP contribution in [0.1, 0.15) is 15.9 Å². The Morgan fingerprint density at radius 1 is 1.50 bits per heavy atom. The van der Waals surface area contributed by atoms with E-state index in [0.29, 0.717) is 5.56 Å². The van der Waals surface area contributed by atoms with Crippen molar-refractivity contribution in [3.05, 3.63) is 32.9 Å². The zero-order valence-corrected chi connectivity index (χ0v) is 9.08. The lowest BCUT2D eigenvalue weighted by molar-refractivity contribution is 0.0600. The van der Waals surface area contributed by atoms with Gasteiger partial charge in [-0.2, -0.15) is 0 Å². The summed E-state index contributed by atoms with van der Waals surface area (Å²) in [6.45, 7) is 1.91. The summed E-state index contributed by atoms with van der Waals surface area (Å²) in [7, 11) is 1.39. The first-order valence-electron chi connectivity index (χ1n) is 3.50. The SMILES string of the molecule is COC(=O)c1cccc(I)c1C. The maximum atomic E-state index is 11.2. The van der Waals surface area contributed by atoms with Gasteiger partial charge in [0.25, 0.3) is 0 Å². The highest BCUT2D eigenvalue weighted by atomic mass is 127. The number of hydrogen-bond acceptors (Lipinski definition) is 2. The molecule has 0 aliphatic rings. The van der Waals surface area contributed by atoms with Crippen LogP contribution in [-0.4, -0.2) is 13.1 Å². The van der Waals surface area contributed by atoms with Gasteiger partial charge in [-0.3, -0.25) is 0 Å². The molecule has 0 saturated carbocycles. The van der Waals surface area contributed by atoms with Crippen molar-refractivity contribution < 1.29 is 9.53 Å². The van der Waals surface area contributed by atoms with E-state index in [4.69, 9.17) is 0 Å². The normalized spacial score (nSPS) is 9.58. The van der Waals surface area contributed by atoms with Gasteiger partial charge in [0, 0.05) is 3.57 Å². The van der Waals surface area contributed by atoms with E-state index in [0.717, 1.165) is 9.13 Å². The molecule has 1 aromatic carbocycles. The summed E-state index contributed by atoms with van der Waals surface area (Å²) in [6, 6.07) is 5.58. The minimum absolute atomic E-state index is 0.272. The fourth-order valence-corrected chi connectivity index (χ4v) is 1.44. The van der Waals surface area contributed by atoms with E-state index in [1.165, 1.54) is 7.11 Å². The Kier molecular flexibility index (Phi) is 3.08. The van der Waals surface area contributed by atoms with E-state index < -0.39 is 0 Å². The molecular formula is C9H9IO2. The lowest BCUT2D eigenvalue weighted by atomic mass is 10.1. The molecule has 0 heterocycles.